The molecule has 0 amide bonds. The summed E-state index contributed by atoms with van der Waals surface area (Å²) < 4.78 is 0. The third-order valence-electron chi connectivity index (χ3n) is 3.34. The topological polar surface area (TPSA) is 3.24 Å². The minimum Gasteiger partial charge on any atom is -0.372 e. The van der Waals surface area contributed by atoms with Crippen molar-refractivity contribution >= 4 is 5.69 Å². The van der Waals surface area contributed by atoms with Gasteiger partial charge in [-0.3, -0.25) is 0 Å². The highest BCUT2D eigenvalue weighted by molar-refractivity contribution is 5.53. The van der Waals surface area contributed by atoms with Crippen LogP contribution in [0.1, 0.15) is 38.2 Å². The maximum atomic E-state index is 2.53. The third-order valence-corrected chi connectivity index (χ3v) is 3.34. The zero-order valence-electron chi connectivity index (χ0n) is 9.71. The minimum atomic E-state index is 1.14. The Morgan fingerprint density at radius 1 is 1.07 bits per heavy atom. The van der Waals surface area contributed by atoms with Crippen molar-refractivity contribution in [2.24, 2.45) is 0 Å². The van der Waals surface area contributed by atoms with Gasteiger partial charge in [0, 0.05) is 18.8 Å². The third kappa shape index (κ3) is 2.53. The summed E-state index contributed by atoms with van der Waals surface area (Å²) in [6, 6.07) is 8.91. The van der Waals surface area contributed by atoms with Crippen LogP contribution in [-0.4, -0.2) is 13.1 Å². The molecule has 1 heterocycles. The fourth-order valence-corrected chi connectivity index (χ4v) is 2.45. The summed E-state index contributed by atoms with van der Waals surface area (Å²) in [6.07, 6.45) is 6.75. The van der Waals surface area contributed by atoms with Gasteiger partial charge in [-0.1, -0.05) is 31.0 Å². The fourth-order valence-electron chi connectivity index (χ4n) is 2.45. The van der Waals surface area contributed by atoms with E-state index in [1.54, 1.807) is 5.56 Å². The Hall–Kier alpha value is -0.980. The summed E-state index contributed by atoms with van der Waals surface area (Å²) in [5, 5.41) is 0. The number of benzene rings is 1. The molecule has 1 aliphatic rings. The van der Waals surface area contributed by atoms with Gasteiger partial charge in [0.25, 0.3) is 0 Å². The number of hydrogen-bond donors (Lipinski definition) is 0. The molecule has 0 aromatic heterocycles. The van der Waals surface area contributed by atoms with Crippen molar-refractivity contribution in [3.63, 3.8) is 0 Å². The lowest BCUT2D eigenvalue weighted by molar-refractivity contribution is 0.643. The summed E-state index contributed by atoms with van der Waals surface area (Å²) in [4.78, 5) is 2.53. The van der Waals surface area contributed by atoms with E-state index in [0.29, 0.717) is 0 Å². The molecule has 1 aromatic rings. The van der Waals surface area contributed by atoms with E-state index in [1.807, 2.05) is 0 Å². The van der Waals surface area contributed by atoms with Gasteiger partial charge in [0.15, 0.2) is 0 Å². The maximum absolute atomic E-state index is 2.53. The molecule has 0 aliphatic carbocycles. The van der Waals surface area contributed by atoms with Crippen LogP contribution in [0, 0.1) is 0 Å². The number of fused-ring (bicyclic) bond motifs is 1. The summed E-state index contributed by atoms with van der Waals surface area (Å²) in [5.41, 5.74) is 3.02. The van der Waals surface area contributed by atoms with Gasteiger partial charge in [-0.15, -0.1) is 0 Å². The van der Waals surface area contributed by atoms with Crippen molar-refractivity contribution in [1.29, 1.82) is 0 Å². The number of aryl methyl sites for hydroxylation is 1. The average Bonchev–Trinajstić information content (AvgIpc) is 2.38. The molecule has 0 saturated heterocycles. The van der Waals surface area contributed by atoms with Crippen LogP contribution >= 0.6 is 0 Å². The molecule has 0 saturated carbocycles. The van der Waals surface area contributed by atoms with E-state index >= 15 is 0 Å². The molecule has 0 N–H and O–H groups in total. The smallest absolute Gasteiger partial charge is 0.0398 e. The molecule has 0 atom stereocenters. The average molecular weight is 203 g/mol. The van der Waals surface area contributed by atoms with E-state index in [0.717, 1.165) is 6.54 Å². The summed E-state index contributed by atoms with van der Waals surface area (Å²) in [6.45, 7) is 4.62. The predicted octanol–water partition coefficient (Wildman–Crippen LogP) is 3.63. The first-order valence-electron chi connectivity index (χ1n) is 6.24. The molecule has 2 rings (SSSR count). The van der Waals surface area contributed by atoms with Crippen molar-refractivity contribution in [1.82, 2.24) is 0 Å². The van der Waals surface area contributed by atoms with Gasteiger partial charge in [-0.25, -0.2) is 0 Å². The van der Waals surface area contributed by atoms with Gasteiger partial charge in [0.05, 0.1) is 0 Å². The molecule has 1 nitrogen and oxygen atoms in total. The summed E-state index contributed by atoms with van der Waals surface area (Å²) >= 11 is 0. The van der Waals surface area contributed by atoms with Crippen LogP contribution in [0.15, 0.2) is 24.3 Å². The molecule has 0 radical (unpaired) electrons. The number of anilines is 1. The van der Waals surface area contributed by atoms with Crippen LogP contribution in [0.25, 0.3) is 0 Å². The molecule has 0 bridgehead atoms. The number of hydrogen-bond acceptors (Lipinski definition) is 1. The highest BCUT2D eigenvalue weighted by atomic mass is 15.1. The first-order chi connectivity index (χ1) is 7.42. The second-order valence-electron chi connectivity index (χ2n) is 4.37. The monoisotopic (exact) mass is 203 g/mol. The normalized spacial score (nSPS) is 17.5. The standard InChI is InChI=1S/C14H21N/c1-2-15-12-8-4-3-5-9-13-10-6-7-11-14(13)15/h6-7,10-11H,2-5,8-9,12H2,1H3. The second kappa shape index (κ2) is 5.20. The van der Waals surface area contributed by atoms with Crippen LogP contribution in [-0.2, 0) is 6.42 Å². The van der Waals surface area contributed by atoms with E-state index in [-0.39, 0.29) is 0 Å². The first-order valence-corrected chi connectivity index (χ1v) is 6.24. The molecular weight excluding hydrogens is 182 g/mol. The number of nitrogens with zero attached hydrogens (tertiary/aromatic N) is 1. The highest BCUT2D eigenvalue weighted by Gasteiger charge is 2.10. The van der Waals surface area contributed by atoms with Gasteiger partial charge in [-0.05, 0) is 37.8 Å². The van der Waals surface area contributed by atoms with Gasteiger partial charge < -0.3 is 4.90 Å². The molecule has 1 aromatic carbocycles. The predicted molar refractivity (Wildman–Crippen MR) is 66.5 cm³/mol. The largest absolute Gasteiger partial charge is 0.372 e. The first kappa shape index (κ1) is 10.5. The Balaban J connectivity index is 2.27. The Kier molecular flexibility index (Phi) is 3.65. The number of rotatable bonds is 1. The van der Waals surface area contributed by atoms with Crippen molar-refractivity contribution in [3.05, 3.63) is 29.8 Å². The van der Waals surface area contributed by atoms with Gasteiger partial charge >= 0.3 is 0 Å². The van der Waals surface area contributed by atoms with Crippen molar-refractivity contribution in [3.8, 4) is 0 Å². The zero-order chi connectivity index (χ0) is 10.5. The molecular formula is C14H21N. The highest BCUT2D eigenvalue weighted by Crippen LogP contribution is 2.24. The van der Waals surface area contributed by atoms with Crippen LogP contribution in [0.2, 0.25) is 0 Å². The molecule has 0 unspecified atom stereocenters. The Bertz CT molecular complexity index is 306. The summed E-state index contributed by atoms with van der Waals surface area (Å²) in [5.74, 6) is 0. The molecule has 1 heteroatoms. The Morgan fingerprint density at radius 2 is 1.87 bits per heavy atom. The lowest BCUT2D eigenvalue weighted by Gasteiger charge is -2.24. The number of para-hydroxylation sites is 1. The van der Waals surface area contributed by atoms with E-state index in [9.17, 15) is 0 Å². The van der Waals surface area contributed by atoms with E-state index in [4.69, 9.17) is 0 Å². The second-order valence-corrected chi connectivity index (χ2v) is 4.37. The van der Waals surface area contributed by atoms with Crippen LogP contribution < -0.4 is 4.90 Å². The molecule has 15 heavy (non-hydrogen) atoms. The Labute approximate surface area is 93.1 Å². The molecule has 0 spiro atoms. The summed E-state index contributed by atoms with van der Waals surface area (Å²) in [7, 11) is 0. The molecule has 1 aliphatic heterocycles. The van der Waals surface area contributed by atoms with Crippen molar-refractivity contribution < 1.29 is 0 Å². The van der Waals surface area contributed by atoms with Gasteiger partial charge in [-0.2, -0.15) is 0 Å². The Morgan fingerprint density at radius 3 is 2.73 bits per heavy atom. The van der Waals surface area contributed by atoms with Crippen LogP contribution in [0.3, 0.4) is 0 Å². The lowest BCUT2D eigenvalue weighted by atomic mass is 10.1. The fraction of sp³-hybridized carbons (Fsp3) is 0.571. The SMILES string of the molecule is CCN1CCCCCCc2ccccc21. The quantitative estimate of drug-likeness (QED) is 0.673. The molecule has 0 fully saturated rings. The lowest BCUT2D eigenvalue weighted by Crippen LogP contribution is -2.24. The van der Waals surface area contributed by atoms with Crippen LogP contribution in [0.5, 0.6) is 0 Å². The zero-order valence-corrected chi connectivity index (χ0v) is 9.71. The van der Waals surface area contributed by atoms with Crippen molar-refractivity contribution in [2.45, 2.75) is 39.0 Å². The maximum Gasteiger partial charge on any atom is 0.0398 e. The molecule has 82 valence electrons. The van der Waals surface area contributed by atoms with E-state index in [2.05, 4.69) is 36.1 Å². The van der Waals surface area contributed by atoms with E-state index < -0.39 is 0 Å². The van der Waals surface area contributed by atoms with E-state index in [1.165, 1.54) is 44.3 Å². The minimum absolute atomic E-state index is 1.14. The van der Waals surface area contributed by atoms with Crippen molar-refractivity contribution in [2.75, 3.05) is 18.0 Å². The van der Waals surface area contributed by atoms with Gasteiger partial charge in [0.1, 0.15) is 0 Å². The van der Waals surface area contributed by atoms with Crippen LogP contribution in [0.4, 0.5) is 5.69 Å². The van der Waals surface area contributed by atoms with Gasteiger partial charge in [0.2, 0.25) is 0 Å².